The summed E-state index contributed by atoms with van der Waals surface area (Å²) in [5.41, 5.74) is 8.00. The van der Waals surface area contributed by atoms with Gasteiger partial charge in [-0.15, -0.1) is 0 Å². The fourth-order valence-electron chi connectivity index (χ4n) is 2.61. The molecule has 0 radical (unpaired) electrons. The maximum absolute atomic E-state index is 11.6. The van der Waals surface area contributed by atoms with E-state index in [-0.39, 0.29) is 11.7 Å². The molecule has 1 fully saturated rings. The summed E-state index contributed by atoms with van der Waals surface area (Å²) < 4.78 is 5.87. The van der Waals surface area contributed by atoms with Crippen molar-refractivity contribution in [2.24, 2.45) is 5.73 Å². The van der Waals surface area contributed by atoms with Crippen LogP contribution in [-0.4, -0.2) is 28.3 Å². The van der Waals surface area contributed by atoms with Gasteiger partial charge in [-0.1, -0.05) is 18.2 Å². The van der Waals surface area contributed by atoms with E-state index in [1.165, 1.54) is 0 Å². The van der Waals surface area contributed by atoms with Gasteiger partial charge >= 0.3 is 5.97 Å². The summed E-state index contributed by atoms with van der Waals surface area (Å²) in [4.78, 5) is 34.0. The fourth-order valence-corrected chi connectivity index (χ4v) is 3.29. The lowest BCUT2D eigenvalue weighted by atomic mass is 10.1. The number of benzene rings is 2. The molecule has 28 heavy (non-hydrogen) atoms. The number of hydrogen-bond donors (Lipinski definition) is 3. The second-order valence-corrected chi connectivity index (χ2v) is 7.29. The third kappa shape index (κ3) is 4.79. The summed E-state index contributed by atoms with van der Waals surface area (Å²) in [6.45, 7) is 1.88. The third-order valence-corrected chi connectivity index (χ3v) is 4.87. The molecular formula is C20H18N2O5S. The number of hydrogen-bond acceptors (Lipinski definition) is 6. The number of carboxylic acids is 1. The molecular weight excluding hydrogens is 380 g/mol. The second kappa shape index (κ2) is 8.28. The van der Waals surface area contributed by atoms with Crippen LogP contribution in [0.3, 0.4) is 0 Å². The topological polar surface area (TPSA) is 119 Å². The van der Waals surface area contributed by atoms with Crippen molar-refractivity contribution >= 4 is 35.0 Å². The van der Waals surface area contributed by atoms with Crippen LogP contribution in [0.5, 0.6) is 11.5 Å². The molecule has 1 unspecified atom stereocenters. The molecule has 2 aromatic rings. The summed E-state index contributed by atoms with van der Waals surface area (Å²) in [5.74, 6) is -0.172. The van der Waals surface area contributed by atoms with Gasteiger partial charge in [0.15, 0.2) is 0 Å². The predicted octanol–water partition coefficient (Wildman–Crippen LogP) is 3.07. The number of nitrogens with two attached hydrogens (primary N) is 1. The summed E-state index contributed by atoms with van der Waals surface area (Å²) >= 11 is 0.873. The molecule has 3 rings (SSSR count). The maximum atomic E-state index is 11.6. The van der Waals surface area contributed by atoms with E-state index in [0.717, 1.165) is 28.5 Å². The Morgan fingerprint density at radius 3 is 2.54 bits per heavy atom. The highest BCUT2D eigenvalue weighted by molar-refractivity contribution is 8.18. The van der Waals surface area contributed by atoms with Crippen LogP contribution in [0.4, 0.5) is 4.79 Å². The zero-order chi connectivity index (χ0) is 20.3. The molecule has 1 aliphatic heterocycles. The number of thioether (sulfide) groups is 1. The zero-order valence-electron chi connectivity index (χ0n) is 15.0. The minimum atomic E-state index is -1.04. The lowest BCUT2D eigenvalue weighted by Gasteiger charge is -2.11. The van der Waals surface area contributed by atoms with Crippen molar-refractivity contribution in [2.75, 3.05) is 0 Å². The molecule has 0 aliphatic carbocycles. The molecule has 2 aromatic carbocycles. The second-order valence-electron chi connectivity index (χ2n) is 6.27. The smallest absolute Gasteiger partial charge is 0.320 e. The summed E-state index contributed by atoms with van der Waals surface area (Å²) in [6, 6.07) is 11.6. The SMILES string of the molecule is Cc1cc(C=C2SC(=O)NC2=O)ccc1Oc1ccc(CC(N)C(=O)O)cc1. The van der Waals surface area contributed by atoms with Crippen molar-refractivity contribution in [3.05, 3.63) is 64.1 Å². The lowest BCUT2D eigenvalue weighted by Crippen LogP contribution is -2.32. The van der Waals surface area contributed by atoms with Crippen molar-refractivity contribution in [3.63, 3.8) is 0 Å². The molecule has 0 bridgehead atoms. The Balaban J connectivity index is 1.70. The van der Waals surface area contributed by atoms with Crippen molar-refractivity contribution in [3.8, 4) is 11.5 Å². The average Bonchev–Trinajstić information content (AvgIpc) is 2.96. The van der Waals surface area contributed by atoms with Crippen LogP contribution >= 0.6 is 11.8 Å². The number of carbonyl (C=O) groups is 3. The van der Waals surface area contributed by atoms with Crippen LogP contribution in [0.25, 0.3) is 6.08 Å². The molecule has 1 atom stereocenters. The summed E-state index contributed by atoms with van der Waals surface area (Å²) in [7, 11) is 0. The molecule has 7 nitrogen and oxygen atoms in total. The van der Waals surface area contributed by atoms with Crippen LogP contribution < -0.4 is 15.8 Å². The van der Waals surface area contributed by atoms with Gasteiger partial charge in [0.2, 0.25) is 0 Å². The molecule has 4 N–H and O–H groups in total. The molecule has 2 amide bonds. The lowest BCUT2D eigenvalue weighted by molar-refractivity contribution is -0.138. The van der Waals surface area contributed by atoms with E-state index in [2.05, 4.69) is 5.32 Å². The molecule has 0 saturated carbocycles. The van der Waals surface area contributed by atoms with Gasteiger partial charge in [0.1, 0.15) is 17.5 Å². The molecule has 1 saturated heterocycles. The molecule has 1 heterocycles. The Bertz CT molecular complexity index is 969. The van der Waals surface area contributed by atoms with Crippen molar-refractivity contribution in [2.45, 2.75) is 19.4 Å². The minimum Gasteiger partial charge on any atom is -0.480 e. The van der Waals surface area contributed by atoms with E-state index in [1.54, 1.807) is 42.5 Å². The van der Waals surface area contributed by atoms with Gasteiger partial charge in [-0.05, 0) is 72.1 Å². The van der Waals surface area contributed by atoms with Crippen LogP contribution in [0.2, 0.25) is 0 Å². The van der Waals surface area contributed by atoms with Gasteiger partial charge in [0.25, 0.3) is 11.1 Å². The standard InChI is InChI=1S/C20H18N2O5S/c1-11-8-13(10-17-18(23)22-20(26)28-17)4-7-16(11)27-14-5-2-12(3-6-14)9-15(21)19(24)25/h2-8,10,15H,9,21H2,1H3,(H,24,25)(H,22,23,26). The monoisotopic (exact) mass is 398 g/mol. The number of imide groups is 1. The molecule has 1 aliphatic rings. The van der Waals surface area contributed by atoms with Gasteiger partial charge in [0.05, 0.1) is 4.91 Å². The normalized spacial score (nSPS) is 16.1. The van der Waals surface area contributed by atoms with Crippen molar-refractivity contribution < 1.29 is 24.2 Å². The quantitative estimate of drug-likeness (QED) is 0.640. The van der Waals surface area contributed by atoms with Crippen LogP contribution in [0, 0.1) is 6.92 Å². The Morgan fingerprint density at radius 1 is 1.25 bits per heavy atom. The van der Waals surface area contributed by atoms with Gasteiger partial charge < -0.3 is 15.6 Å². The number of nitrogens with one attached hydrogen (secondary N) is 1. The number of ether oxygens (including phenoxy) is 1. The van der Waals surface area contributed by atoms with E-state index >= 15 is 0 Å². The van der Waals surface area contributed by atoms with E-state index < -0.39 is 17.9 Å². The number of carbonyl (C=O) groups excluding carboxylic acids is 2. The maximum Gasteiger partial charge on any atom is 0.320 e. The molecule has 8 heteroatoms. The highest BCUT2D eigenvalue weighted by Crippen LogP contribution is 2.29. The number of aryl methyl sites for hydroxylation is 1. The van der Waals surface area contributed by atoms with Crippen LogP contribution in [-0.2, 0) is 16.0 Å². The first kappa shape index (κ1) is 19.7. The van der Waals surface area contributed by atoms with Gasteiger partial charge in [-0.2, -0.15) is 0 Å². The van der Waals surface area contributed by atoms with E-state index in [1.807, 2.05) is 13.0 Å². The number of carboxylic acid groups (broad SMARTS) is 1. The average molecular weight is 398 g/mol. The molecule has 144 valence electrons. The van der Waals surface area contributed by atoms with Gasteiger partial charge in [0, 0.05) is 0 Å². The Labute approximate surface area is 165 Å². The first-order valence-electron chi connectivity index (χ1n) is 8.42. The zero-order valence-corrected chi connectivity index (χ0v) is 15.8. The number of aliphatic carboxylic acids is 1. The number of amides is 2. The highest BCUT2D eigenvalue weighted by Gasteiger charge is 2.24. The third-order valence-electron chi connectivity index (χ3n) is 4.06. The van der Waals surface area contributed by atoms with E-state index in [4.69, 9.17) is 15.6 Å². The molecule has 0 aromatic heterocycles. The van der Waals surface area contributed by atoms with Gasteiger partial charge in [-0.3, -0.25) is 19.7 Å². The van der Waals surface area contributed by atoms with E-state index in [9.17, 15) is 14.4 Å². The first-order chi connectivity index (χ1) is 13.3. The van der Waals surface area contributed by atoms with Crippen molar-refractivity contribution in [1.82, 2.24) is 5.32 Å². The van der Waals surface area contributed by atoms with E-state index in [0.29, 0.717) is 16.4 Å². The van der Waals surface area contributed by atoms with Crippen molar-refractivity contribution in [1.29, 1.82) is 0 Å². The Morgan fingerprint density at radius 2 is 1.96 bits per heavy atom. The van der Waals surface area contributed by atoms with Crippen LogP contribution in [0.15, 0.2) is 47.4 Å². The fraction of sp³-hybridized carbons (Fsp3) is 0.150. The Hall–Kier alpha value is -3.10. The predicted molar refractivity (Wildman–Crippen MR) is 106 cm³/mol. The largest absolute Gasteiger partial charge is 0.480 e. The first-order valence-corrected chi connectivity index (χ1v) is 9.24. The number of rotatable bonds is 6. The Kier molecular flexibility index (Phi) is 5.81. The summed E-state index contributed by atoms with van der Waals surface area (Å²) in [5, 5.41) is 10.7. The minimum absolute atomic E-state index is 0.242. The summed E-state index contributed by atoms with van der Waals surface area (Å²) in [6.07, 6.45) is 1.90. The molecule has 0 spiro atoms. The van der Waals surface area contributed by atoms with Crippen LogP contribution in [0.1, 0.15) is 16.7 Å². The highest BCUT2D eigenvalue weighted by atomic mass is 32.2. The van der Waals surface area contributed by atoms with Gasteiger partial charge in [-0.25, -0.2) is 0 Å².